The number of nitrogens with two attached hydrogens (primary N) is 1. The van der Waals surface area contributed by atoms with Crippen molar-refractivity contribution < 1.29 is 4.74 Å². The van der Waals surface area contributed by atoms with Gasteiger partial charge in [0.05, 0.1) is 4.47 Å². The first-order chi connectivity index (χ1) is 9.72. The summed E-state index contributed by atoms with van der Waals surface area (Å²) in [4.78, 5) is 12.1. The summed E-state index contributed by atoms with van der Waals surface area (Å²) in [6, 6.07) is 9.24. The number of para-hydroxylation sites is 1. The van der Waals surface area contributed by atoms with E-state index in [4.69, 9.17) is 10.5 Å². The molecule has 0 saturated carbocycles. The normalized spacial score (nSPS) is 10.4. The molecule has 0 bridgehead atoms. The van der Waals surface area contributed by atoms with E-state index in [1.165, 1.54) is 4.68 Å². The number of benzene rings is 1. The molecule has 0 aliphatic rings. The van der Waals surface area contributed by atoms with Gasteiger partial charge in [0.15, 0.2) is 0 Å². The molecule has 1 aromatic carbocycles. The molecular weight excluding hydrogens is 324 g/mol. The number of nitrogen functional groups attached to an aromatic ring is 1. The number of halogens is 1. The Morgan fingerprint density at radius 1 is 1.10 bits per heavy atom. The van der Waals surface area contributed by atoms with E-state index < -0.39 is 0 Å². The van der Waals surface area contributed by atoms with Gasteiger partial charge in [-0.2, -0.15) is 20.1 Å². The summed E-state index contributed by atoms with van der Waals surface area (Å²) >= 11 is 3.38. The third-order valence-electron chi connectivity index (χ3n) is 2.37. The first kappa shape index (κ1) is 12.5. The topological polar surface area (TPSA) is 91.7 Å². The Morgan fingerprint density at radius 3 is 2.70 bits per heavy atom. The Bertz CT molecular complexity index is 731. The standard InChI is InChI=1S/C12H9BrN6O/c13-8-4-1-2-5-9(8)20-12-17-10(14)16-11(18-12)19-7-3-6-15-19/h1-7H,(H2,14,16,17,18). The minimum Gasteiger partial charge on any atom is -0.423 e. The highest BCUT2D eigenvalue weighted by atomic mass is 79.9. The lowest BCUT2D eigenvalue weighted by Gasteiger charge is -2.07. The van der Waals surface area contributed by atoms with Crippen LogP contribution >= 0.6 is 15.9 Å². The van der Waals surface area contributed by atoms with Gasteiger partial charge >= 0.3 is 6.01 Å². The van der Waals surface area contributed by atoms with Crippen molar-refractivity contribution in [3.8, 4) is 17.7 Å². The number of hydrogen-bond acceptors (Lipinski definition) is 6. The zero-order chi connectivity index (χ0) is 13.9. The van der Waals surface area contributed by atoms with Crippen molar-refractivity contribution in [2.75, 3.05) is 5.73 Å². The maximum Gasteiger partial charge on any atom is 0.328 e. The molecule has 0 radical (unpaired) electrons. The zero-order valence-electron chi connectivity index (χ0n) is 10.1. The van der Waals surface area contributed by atoms with Gasteiger partial charge in [0.2, 0.25) is 5.95 Å². The van der Waals surface area contributed by atoms with Gasteiger partial charge in [-0.3, -0.25) is 0 Å². The molecule has 2 N–H and O–H groups in total. The van der Waals surface area contributed by atoms with E-state index in [9.17, 15) is 0 Å². The van der Waals surface area contributed by atoms with Crippen LogP contribution in [0.1, 0.15) is 0 Å². The van der Waals surface area contributed by atoms with E-state index in [2.05, 4.69) is 36.0 Å². The van der Waals surface area contributed by atoms with Gasteiger partial charge in [-0.1, -0.05) is 12.1 Å². The second-order valence-electron chi connectivity index (χ2n) is 3.76. The van der Waals surface area contributed by atoms with Crippen molar-refractivity contribution in [2.24, 2.45) is 0 Å². The average molecular weight is 333 g/mol. The Balaban J connectivity index is 1.97. The minimum atomic E-state index is 0.0625. The molecule has 2 aromatic heterocycles. The van der Waals surface area contributed by atoms with Crippen LogP contribution in [0.3, 0.4) is 0 Å². The lowest BCUT2D eigenvalue weighted by atomic mass is 10.3. The van der Waals surface area contributed by atoms with Gasteiger partial charge in [0, 0.05) is 12.4 Å². The molecule has 8 heteroatoms. The van der Waals surface area contributed by atoms with Crippen LogP contribution in [0, 0.1) is 0 Å². The second-order valence-corrected chi connectivity index (χ2v) is 4.61. The molecule has 0 atom stereocenters. The molecule has 20 heavy (non-hydrogen) atoms. The van der Waals surface area contributed by atoms with Crippen molar-refractivity contribution in [1.29, 1.82) is 0 Å². The molecule has 7 nitrogen and oxygen atoms in total. The van der Waals surface area contributed by atoms with Crippen LogP contribution < -0.4 is 10.5 Å². The van der Waals surface area contributed by atoms with E-state index in [-0.39, 0.29) is 12.0 Å². The van der Waals surface area contributed by atoms with Crippen LogP contribution in [0.25, 0.3) is 5.95 Å². The fraction of sp³-hybridized carbons (Fsp3) is 0. The Labute approximate surface area is 122 Å². The van der Waals surface area contributed by atoms with E-state index in [1.54, 1.807) is 24.5 Å². The molecular formula is C12H9BrN6O. The van der Waals surface area contributed by atoms with Gasteiger partial charge in [0.1, 0.15) is 5.75 Å². The number of nitrogens with zero attached hydrogens (tertiary/aromatic N) is 5. The third-order valence-corrected chi connectivity index (χ3v) is 3.02. The van der Waals surface area contributed by atoms with Crippen molar-refractivity contribution in [1.82, 2.24) is 24.7 Å². The predicted octanol–water partition coefficient (Wildman–Crippen LogP) is 2.19. The molecule has 0 unspecified atom stereocenters. The van der Waals surface area contributed by atoms with E-state index in [0.29, 0.717) is 11.7 Å². The SMILES string of the molecule is Nc1nc(Oc2ccccc2Br)nc(-n2cccn2)n1. The smallest absolute Gasteiger partial charge is 0.328 e. The Kier molecular flexibility index (Phi) is 3.30. The maximum atomic E-state index is 5.66. The largest absolute Gasteiger partial charge is 0.423 e. The average Bonchev–Trinajstić information content (AvgIpc) is 2.95. The maximum absolute atomic E-state index is 5.66. The number of anilines is 1. The fourth-order valence-corrected chi connectivity index (χ4v) is 1.89. The minimum absolute atomic E-state index is 0.0625. The van der Waals surface area contributed by atoms with Crippen LogP contribution in [0.5, 0.6) is 11.8 Å². The fourth-order valence-electron chi connectivity index (χ4n) is 1.52. The summed E-state index contributed by atoms with van der Waals surface area (Å²) in [7, 11) is 0. The number of rotatable bonds is 3. The van der Waals surface area contributed by atoms with Crippen LogP contribution in [0.4, 0.5) is 5.95 Å². The number of ether oxygens (including phenoxy) is 1. The van der Waals surface area contributed by atoms with E-state index in [1.807, 2.05) is 18.2 Å². The summed E-state index contributed by atoms with van der Waals surface area (Å²) in [5.74, 6) is 0.946. The van der Waals surface area contributed by atoms with E-state index in [0.717, 1.165) is 4.47 Å². The molecule has 100 valence electrons. The van der Waals surface area contributed by atoms with Crippen LogP contribution in [0.2, 0.25) is 0 Å². The molecule has 0 saturated heterocycles. The monoisotopic (exact) mass is 332 g/mol. The highest BCUT2D eigenvalue weighted by Crippen LogP contribution is 2.27. The second kappa shape index (κ2) is 5.25. The lowest BCUT2D eigenvalue weighted by Crippen LogP contribution is -2.07. The first-order valence-electron chi connectivity index (χ1n) is 5.66. The summed E-state index contributed by atoms with van der Waals surface area (Å²) in [5.41, 5.74) is 5.66. The Hall–Kier alpha value is -2.48. The molecule has 0 aliphatic heterocycles. The summed E-state index contributed by atoms with van der Waals surface area (Å²) < 4.78 is 7.87. The first-order valence-corrected chi connectivity index (χ1v) is 6.45. The molecule has 0 spiro atoms. The Morgan fingerprint density at radius 2 is 1.95 bits per heavy atom. The van der Waals surface area contributed by atoms with Gasteiger partial charge in [-0.15, -0.1) is 0 Å². The van der Waals surface area contributed by atoms with E-state index >= 15 is 0 Å². The van der Waals surface area contributed by atoms with Crippen molar-refractivity contribution >= 4 is 21.9 Å². The summed E-state index contributed by atoms with van der Waals surface area (Å²) in [6.45, 7) is 0. The lowest BCUT2D eigenvalue weighted by molar-refractivity contribution is 0.436. The molecule has 0 amide bonds. The van der Waals surface area contributed by atoms with Crippen LogP contribution in [-0.2, 0) is 0 Å². The van der Waals surface area contributed by atoms with Gasteiger partial charge in [-0.05, 0) is 34.1 Å². The number of aromatic nitrogens is 5. The summed E-state index contributed by atoms with van der Waals surface area (Å²) in [6.07, 6.45) is 3.32. The summed E-state index contributed by atoms with van der Waals surface area (Å²) in [5, 5.41) is 4.04. The molecule has 3 aromatic rings. The quantitative estimate of drug-likeness (QED) is 0.790. The van der Waals surface area contributed by atoms with Gasteiger partial charge < -0.3 is 10.5 Å². The highest BCUT2D eigenvalue weighted by molar-refractivity contribution is 9.10. The predicted molar refractivity (Wildman–Crippen MR) is 75.6 cm³/mol. The third kappa shape index (κ3) is 2.59. The van der Waals surface area contributed by atoms with Gasteiger partial charge in [-0.25, -0.2) is 4.68 Å². The van der Waals surface area contributed by atoms with Crippen molar-refractivity contribution in [2.45, 2.75) is 0 Å². The molecule has 0 aliphatic carbocycles. The van der Waals surface area contributed by atoms with Crippen molar-refractivity contribution in [3.63, 3.8) is 0 Å². The van der Waals surface area contributed by atoms with Crippen molar-refractivity contribution in [3.05, 3.63) is 47.2 Å². The zero-order valence-corrected chi connectivity index (χ0v) is 11.7. The molecule has 2 heterocycles. The van der Waals surface area contributed by atoms with Crippen LogP contribution in [0.15, 0.2) is 47.2 Å². The van der Waals surface area contributed by atoms with Crippen LogP contribution in [-0.4, -0.2) is 24.7 Å². The number of hydrogen-bond donors (Lipinski definition) is 1. The molecule has 3 rings (SSSR count). The molecule has 0 fully saturated rings. The van der Waals surface area contributed by atoms with Gasteiger partial charge in [0.25, 0.3) is 5.95 Å². The highest BCUT2D eigenvalue weighted by Gasteiger charge is 2.09.